The third kappa shape index (κ3) is 7.51. The number of amides is 2. The number of hydrogen-bond acceptors (Lipinski definition) is 11. The van der Waals surface area contributed by atoms with Crippen LogP contribution in [0.25, 0.3) is 0 Å². The van der Waals surface area contributed by atoms with Crippen molar-refractivity contribution in [2.45, 2.75) is 23.8 Å². The van der Waals surface area contributed by atoms with Crippen LogP contribution in [-0.4, -0.2) is 101 Å². The summed E-state index contributed by atoms with van der Waals surface area (Å²) in [7, 11) is -8.77. The van der Waals surface area contributed by atoms with E-state index in [2.05, 4.69) is 0 Å². The topological polar surface area (TPSA) is 159 Å². The van der Waals surface area contributed by atoms with E-state index in [0.717, 1.165) is 10.1 Å². The van der Waals surface area contributed by atoms with Gasteiger partial charge in [0.1, 0.15) is 16.4 Å². The number of morpholine rings is 1. The van der Waals surface area contributed by atoms with Crippen LogP contribution in [0.15, 0.2) is 41.3 Å². The number of urea groups is 1. The number of hydroxylamine groups is 4. The van der Waals surface area contributed by atoms with Gasteiger partial charge in [-0.05, 0) is 49.2 Å². The van der Waals surface area contributed by atoms with Gasteiger partial charge in [0.15, 0.2) is 0 Å². The Morgan fingerprint density at radius 1 is 0.977 bits per heavy atom. The maximum absolute atomic E-state index is 13.8. The van der Waals surface area contributed by atoms with Crippen LogP contribution in [0.1, 0.15) is 18.4 Å². The van der Waals surface area contributed by atoms with Gasteiger partial charge in [-0.3, -0.25) is 4.90 Å². The molecule has 0 N–H and O–H groups in total. The molecule has 3 aliphatic heterocycles. The number of halogens is 2. The molecule has 0 atom stereocenters. The van der Waals surface area contributed by atoms with Crippen LogP contribution < -0.4 is 4.74 Å². The number of benzene rings is 2. The molecule has 5 rings (SSSR count). The predicted octanol–water partition coefficient (Wildman–Crippen LogP) is 2.99. The summed E-state index contributed by atoms with van der Waals surface area (Å²) < 4.78 is 74.2. The fourth-order valence-corrected chi connectivity index (χ4v) is 7.72. The lowest BCUT2D eigenvalue weighted by Gasteiger charge is -2.40. The summed E-state index contributed by atoms with van der Waals surface area (Å²) in [5.41, 5.74) is 0.0969. The van der Waals surface area contributed by atoms with Crippen LogP contribution in [0, 0.1) is 11.3 Å². The maximum atomic E-state index is 13.8. The molecule has 2 aromatic rings. The van der Waals surface area contributed by atoms with E-state index in [1.165, 1.54) is 40.7 Å². The van der Waals surface area contributed by atoms with Crippen LogP contribution in [0.5, 0.6) is 11.5 Å². The summed E-state index contributed by atoms with van der Waals surface area (Å²) in [6.07, 6.45) is 0.131. The summed E-state index contributed by atoms with van der Waals surface area (Å²) in [6, 6.07) is 8.78. The molecule has 3 heterocycles. The van der Waals surface area contributed by atoms with E-state index < -0.39 is 32.5 Å². The van der Waals surface area contributed by atoms with Crippen molar-refractivity contribution in [2.24, 2.45) is 0 Å². The number of carbonyl (C=O) groups is 1. The molecule has 0 radical (unpaired) electrons. The molecule has 3 saturated heterocycles. The number of nitriles is 1. The summed E-state index contributed by atoms with van der Waals surface area (Å²) in [5.74, 6) is 0.146. The van der Waals surface area contributed by atoms with Crippen molar-refractivity contribution < 1.29 is 39.7 Å². The lowest BCUT2D eigenvalue weighted by molar-refractivity contribution is -0.162. The molecule has 14 nitrogen and oxygen atoms in total. The van der Waals surface area contributed by atoms with E-state index in [4.69, 9.17) is 41.2 Å². The minimum Gasteiger partial charge on any atom is -0.456 e. The van der Waals surface area contributed by atoms with Crippen LogP contribution >= 0.6 is 23.2 Å². The molecule has 18 heteroatoms. The zero-order valence-corrected chi connectivity index (χ0v) is 25.7. The molecule has 2 amide bonds. The third-order valence-electron chi connectivity index (χ3n) is 6.99. The highest BCUT2D eigenvalue weighted by molar-refractivity contribution is 7.89. The number of sulfonamides is 1. The molecular weight excluding hydrogens is 649 g/mol. The highest BCUT2D eigenvalue weighted by atomic mass is 35.5. The Labute approximate surface area is 259 Å². The van der Waals surface area contributed by atoms with Crippen molar-refractivity contribution in [3.63, 3.8) is 0 Å². The van der Waals surface area contributed by atoms with Gasteiger partial charge in [-0.25, -0.2) is 13.2 Å². The van der Waals surface area contributed by atoms with Crippen molar-refractivity contribution in [3.8, 4) is 17.6 Å². The highest BCUT2D eigenvalue weighted by Gasteiger charge is 2.44. The molecule has 0 bridgehead atoms. The Hall–Kier alpha value is -2.72. The fraction of sp³-hybridized carbons (Fsp3) is 0.440. The number of rotatable bonds is 8. The van der Waals surface area contributed by atoms with Crippen molar-refractivity contribution >= 4 is 49.7 Å². The molecular formula is C25H27Cl2N5O9S2. The van der Waals surface area contributed by atoms with Gasteiger partial charge in [0.25, 0.3) is 0 Å². The molecule has 3 aliphatic rings. The molecule has 0 aliphatic carbocycles. The van der Waals surface area contributed by atoms with Crippen LogP contribution in [0.3, 0.4) is 0 Å². The fourth-order valence-electron chi connectivity index (χ4n) is 4.84. The van der Waals surface area contributed by atoms with Gasteiger partial charge >= 0.3 is 16.4 Å². The zero-order chi connectivity index (χ0) is 30.8. The van der Waals surface area contributed by atoms with Gasteiger partial charge in [-0.2, -0.15) is 28.1 Å². The Bertz CT molecular complexity index is 1600. The first kappa shape index (κ1) is 31.7. The van der Waals surface area contributed by atoms with Crippen molar-refractivity contribution in [1.82, 2.24) is 19.3 Å². The molecule has 0 saturated carbocycles. The quantitative estimate of drug-likeness (QED) is 0.405. The number of ether oxygens (including phenoxy) is 2. The Morgan fingerprint density at radius 2 is 1.65 bits per heavy atom. The van der Waals surface area contributed by atoms with E-state index in [9.17, 15) is 26.9 Å². The third-order valence-corrected chi connectivity index (χ3v) is 10.0. The van der Waals surface area contributed by atoms with Crippen molar-refractivity contribution in [3.05, 3.63) is 52.0 Å². The average Bonchev–Trinajstić information content (AvgIpc) is 2.97. The largest absolute Gasteiger partial charge is 0.456 e. The summed E-state index contributed by atoms with van der Waals surface area (Å²) in [6.45, 7) is 2.53. The van der Waals surface area contributed by atoms with Crippen molar-refractivity contribution in [1.29, 1.82) is 5.26 Å². The molecule has 43 heavy (non-hydrogen) atoms. The van der Waals surface area contributed by atoms with E-state index >= 15 is 0 Å². The van der Waals surface area contributed by atoms with Gasteiger partial charge in [0.2, 0.25) is 10.0 Å². The van der Waals surface area contributed by atoms with Crippen LogP contribution in [-0.2, 0) is 33.7 Å². The molecule has 0 unspecified atom stereocenters. The second kappa shape index (κ2) is 13.1. The van der Waals surface area contributed by atoms with E-state index in [1.54, 1.807) is 0 Å². The van der Waals surface area contributed by atoms with Crippen molar-refractivity contribution in [2.75, 3.05) is 52.5 Å². The SMILES string of the molecule is N#Cc1ccc(Oc2cc(Cl)cc(Cl)c2)c(S(=O)(=O)N2CCC(N3OS(=O)(=O)ON(CCN4CCOCC4)C3=O)CC2)c1. The second-order valence-electron chi connectivity index (χ2n) is 9.84. The number of nitrogens with zero attached hydrogens (tertiary/aromatic N) is 5. The molecule has 232 valence electrons. The maximum Gasteiger partial charge on any atom is 0.442 e. The van der Waals surface area contributed by atoms with E-state index in [0.29, 0.717) is 32.8 Å². The Morgan fingerprint density at radius 3 is 2.30 bits per heavy atom. The zero-order valence-electron chi connectivity index (χ0n) is 22.6. The monoisotopic (exact) mass is 675 g/mol. The minimum atomic E-state index is -4.56. The second-order valence-corrected chi connectivity index (χ2v) is 13.7. The lowest BCUT2D eigenvalue weighted by atomic mass is 10.1. The molecule has 3 fully saturated rings. The van der Waals surface area contributed by atoms with Gasteiger partial charge in [-0.15, -0.1) is 8.57 Å². The first-order valence-corrected chi connectivity index (χ1v) is 16.7. The lowest BCUT2D eigenvalue weighted by Crippen LogP contribution is -2.58. The number of carbonyl (C=O) groups excluding carboxylic acids is 1. The van der Waals surface area contributed by atoms with Crippen LogP contribution in [0.2, 0.25) is 10.0 Å². The van der Waals surface area contributed by atoms with Gasteiger partial charge < -0.3 is 9.47 Å². The molecule has 2 aromatic carbocycles. The van der Waals surface area contributed by atoms with E-state index in [-0.39, 0.29) is 64.5 Å². The normalized spacial score (nSPS) is 20.6. The molecule has 0 aromatic heterocycles. The summed E-state index contributed by atoms with van der Waals surface area (Å²) in [4.78, 5) is 14.9. The predicted molar refractivity (Wildman–Crippen MR) is 152 cm³/mol. The van der Waals surface area contributed by atoms with E-state index in [1.807, 2.05) is 11.0 Å². The van der Waals surface area contributed by atoms with Crippen LogP contribution in [0.4, 0.5) is 4.79 Å². The summed E-state index contributed by atoms with van der Waals surface area (Å²) >= 11 is 12.1. The first-order chi connectivity index (χ1) is 20.4. The smallest absolute Gasteiger partial charge is 0.442 e. The Kier molecular flexibility index (Phi) is 9.66. The minimum absolute atomic E-state index is 0.0268. The summed E-state index contributed by atoms with van der Waals surface area (Å²) in [5, 5.41) is 11.4. The van der Waals surface area contributed by atoms with Gasteiger partial charge in [0, 0.05) is 42.8 Å². The Balaban J connectivity index is 1.29. The van der Waals surface area contributed by atoms with Gasteiger partial charge in [0.05, 0.1) is 37.4 Å². The highest BCUT2D eigenvalue weighted by Crippen LogP contribution is 2.35. The van der Waals surface area contributed by atoms with Gasteiger partial charge in [-0.1, -0.05) is 23.2 Å². The number of hydrogen-bond donors (Lipinski definition) is 0. The first-order valence-electron chi connectivity index (χ1n) is 13.2. The average molecular weight is 677 g/mol. The standard InChI is InChI=1S/C25H27Cl2N5O9S2/c26-19-14-20(27)16-22(15-19)39-23-2-1-18(17-28)13-24(23)42(34,35)30-5-3-21(4-6-30)32-25(33)31(40-43(36,37)41-32)8-7-29-9-11-38-12-10-29/h1-2,13-16,21H,3-12H2. The number of piperidine rings is 1. The molecule has 0 spiro atoms.